The monoisotopic (exact) mass is 581 g/mol. The first-order valence-corrected chi connectivity index (χ1v) is 15.2. The van der Waals surface area contributed by atoms with Gasteiger partial charge in [0.1, 0.15) is 5.82 Å². The van der Waals surface area contributed by atoms with Crippen LogP contribution in [0.15, 0.2) is 91.3 Å². The summed E-state index contributed by atoms with van der Waals surface area (Å²) < 4.78 is 15.6. The first-order valence-electron chi connectivity index (χ1n) is 15.2. The van der Waals surface area contributed by atoms with E-state index < -0.39 is 0 Å². The average Bonchev–Trinajstić information content (AvgIpc) is 3.53. The van der Waals surface area contributed by atoms with Crippen molar-refractivity contribution in [3.63, 3.8) is 0 Å². The van der Waals surface area contributed by atoms with Crippen molar-refractivity contribution in [1.82, 2.24) is 19.6 Å². The number of benzene rings is 3. The van der Waals surface area contributed by atoms with Crippen LogP contribution in [0.3, 0.4) is 0 Å². The number of hydrogen-bond donors (Lipinski definition) is 0. The van der Waals surface area contributed by atoms with Crippen molar-refractivity contribution in [3.8, 4) is 0 Å². The number of rotatable bonds is 7. The maximum absolute atomic E-state index is 14.0. The number of hydrogen-bond acceptors (Lipinski definition) is 4. The van der Waals surface area contributed by atoms with Gasteiger partial charge in [-0.15, -0.1) is 0 Å². The second-order valence-electron chi connectivity index (χ2n) is 11.2. The summed E-state index contributed by atoms with van der Waals surface area (Å²) in [5.74, 6) is -0.443. The van der Waals surface area contributed by atoms with Crippen LogP contribution in [0, 0.1) is 12.7 Å². The van der Waals surface area contributed by atoms with E-state index in [2.05, 4.69) is 34.3 Å². The van der Waals surface area contributed by atoms with Gasteiger partial charge in [0.2, 0.25) is 5.91 Å². The molecule has 0 saturated carbocycles. The molecule has 0 unspecified atom stereocenters. The minimum Gasteiger partial charge on any atom is -0.338 e. The van der Waals surface area contributed by atoms with Crippen LogP contribution in [0.2, 0.25) is 0 Å². The van der Waals surface area contributed by atoms with E-state index >= 15 is 0 Å². The Labute approximate surface area is 253 Å². The van der Waals surface area contributed by atoms with Gasteiger partial charge in [-0.25, -0.2) is 4.39 Å². The first kappa shape index (κ1) is 30.2. The maximum atomic E-state index is 14.0. The van der Waals surface area contributed by atoms with Gasteiger partial charge < -0.3 is 9.80 Å². The third kappa shape index (κ3) is 8.17. The van der Waals surface area contributed by atoms with E-state index in [-0.39, 0.29) is 17.6 Å². The molecule has 2 amide bonds. The molecule has 0 saturated heterocycles. The van der Waals surface area contributed by atoms with Gasteiger partial charge in [0.15, 0.2) is 0 Å². The molecular formula is C35H40FN5O2. The smallest absolute Gasteiger partial charge is 0.258 e. The lowest BCUT2D eigenvalue weighted by Gasteiger charge is -2.32. The molecule has 0 spiro atoms. The van der Waals surface area contributed by atoms with Gasteiger partial charge in [0.05, 0.1) is 5.69 Å². The summed E-state index contributed by atoms with van der Waals surface area (Å²) in [6.45, 7) is 6.71. The lowest BCUT2D eigenvalue weighted by Crippen LogP contribution is -2.39. The molecule has 1 aromatic heterocycles. The Hall–Kier alpha value is -4.30. The Morgan fingerprint density at radius 2 is 1.63 bits per heavy atom. The van der Waals surface area contributed by atoms with E-state index in [1.807, 2.05) is 57.9 Å². The van der Waals surface area contributed by atoms with Gasteiger partial charge in [-0.05, 0) is 73.2 Å². The van der Waals surface area contributed by atoms with Gasteiger partial charge in [-0.2, -0.15) is 5.10 Å². The number of para-hydroxylation sites is 1. The van der Waals surface area contributed by atoms with Crippen LogP contribution < -0.4 is 4.90 Å². The summed E-state index contributed by atoms with van der Waals surface area (Å²) in [4.78, 5) is 33.8. The number of halogens is 1. The van der Waals surface area contributed by atoms with Crippen LogP contribution in [0.4, 0.5) is 10.1 Å². The van der Waals surface area contributed by atoms with Gasteiger partial charge in [0, 0.05) is 70.2 Å². The van der Waals surface area contributed by atoms with Crippen molar-refractivity contribution in [3.05, 3.63) is 119 Å². The van der Waals surface area contributed by atoms with E-state index in [0.717, 1.165) is 49.3 Å². The summed E-state index contributed by atoms with van der Waals surface area (Å²) in [5.41, 5.74) is 4.42. The molecule has 7 nitrogen and oxygen atoms in total. The Balaban J connectivity index is 1.44. The summed E-state index contributed by atoms with van der Waals surface area (Å²) in [5, 5.41) is 4.26. The van der Waals surface area contributed by atoms with Crippen molar-refractivity contribution in [1.29, 1.82) is 0 Å². The summed E-state index contributed by atoms with van der Waals surface area (Å²) in [6.07, 6.45) is 6.42. The molecule has 43 heavy (non-hydrogen) atoms. The van der Waals surface area contributed by atoms with Gasteiger partial charge >= 0.3 is 0 Å². The molecule has 3 aromatic carbocycles. The molecular weight excluding hydrogens is 541 g/mol. The Bertz CT molecular complexity index is 1470. The second kappa shape index (κ2) is 14.7. The van der Waals surface area contributed by atoms with Crippen LogP contribution in [0.5, 0.6) is 0 Å². The van der Waals surface area contributed by atoms with Crippen molar-refractivity contribution in [2.45, 2.75) is 52.2 Å². The highest BCUT2D eigenvalue weighted by atomic mass is 19.1. The van der Waals surface area contributed by atoms with Crippen LogP contribution in [-0.4, -0.2) is 57.6 Å². The molecule has 5 rings (SSSR count). The predicted octanol–water partition coefficient (Wildman–Crippen LogP) is 6.08. The number of anilines is 1. The average molecular weight is 582 g/mol. The van der Waals surface area contributed by atoms with E-state index in [9.17, 15) is 14.0 Å². The summed E-state index contributed by atoms with van der Waals surface area (Å²) in [6, 6.07) is 24.0. The fourth-order valence-corrected chi connectivity index (χ4v) is 5.83. The van der Waals surface area contributed by atoms with Crippen molar-refractivity contribution in [2.24, 2.45) is 0 Å². The zero-order valence-corrected chi connectivity index (χ0v) is 24.9. The number of carbonyl (C=O) groups is 2. The van der Waals surface area contributed by atoms with Crippen LogP contribution in [-0.2, 0) is 24.4 Å². The predicted molar refractivity (Wildman–Crippen MR) is 167 cm³/mol. The molecule has 0 atom stereocenters. The number of carbonyl (C=O) groups excluding carboxylic acids is 2. The van der Waals surface area contributed by atoms with E-state index in [0.29, 0.717) is 44.6 Å². The molecule has 2 heterocycles. The largest absolute Gasteiger partial charge is 0.338 e. The second-order valence-corrected chi connectivity index (χ2v) is 11.2. The SMILES string of the molecule is Cc1cccc2c1N(C(=O)c1ccc(F)cc1)CCCN(Cc1ccccc1)CCCN(C(=O)CCCn1cccn1)C2. The zero-order chi connectivity index (χ0) is 30.0. The van der Waals surface area contributed by atoms with Crippen LogP contribution >= 0.6 is 0 Å². The number of aryl methyl sites for hydroxylation is 2. The lowest BCUT2D eigenvalue weighted by atomic mass is 10.0. The minimum absolute atomic E-state index is 0.0997. The molecule has 1 aliphatic rings. The highest BCUT2D eigenvalue weighted by Gasteiger charge is 2.25. The number of nitrogens with zero attached hydrogens (tertiary/aromatic N) is 5. The van der Waals surface area contributed by atoms with Gasteiger partial charge in [-0.1, -0.05) is 48.5 Å². The Morgan fingerprint density at radius 1 is 0.860 bits per heavy atom. The highest BCUT2D eigenvalue weighted by molar-refractivity contribution is 6.07. The molecule has 0 aliphatic carbocycles. The van der Waals surface area contributed by atoms with Crippen molar-refractivity contribution >= 4 is 17.5 Å². The summed E-state index contributed by atoms with van der Waals surface area (Å²) >= 11 is 0. The van der Waals surface area contributed by atoms with Crippen LogP contribution in [0.25, 0.3) is 0 Å². The standard InChI is InChI=1S/C35H40FN5O2/c1-28-10-5-13-31-27-39(33(42)14-6-23-40-24-7-19-37-40)22-8-20-38(26-29-11-3-2-4-12-29)21-9-25-41(34(28)31)35(43)30-15-17-32(36)18-16-30/h2-5,7,10-13,15-19,24H,6,8-9,14,20-23,25-27H2,1H3. The molecule has 0 radical (unpaired) electrons. The van der Waals surface area contributed by atoms with Gasteiger partial charge in [-0.3, -0.25) is 19.2 Å². The van der Waals surface area contributed by atoms with E-state index in [1.54, 1.807) is 18.3 Å². The van der Waals surface area contributed by atoms with Crippen molar-refractivity contribution < 1.29 is 14.0 Å². The third-order valence-electron chi connectivity index (χ3n) is 7.99. The molecule has 1 aliphatic heterocycles. The fourth-order valence-electron chi connectivity index (χ4n) is 5.83. The number of fused-ring (bicyclic) bond motifs is 1. The number of aromatic nitrogens is 2. The quantitative estimate of drug-likeness (QED) is 0.265. The molecule has 0 fully saturated rings. The molecule has 4 aromatic rings. The van der Waals surface area contributed by atoms with Gasteiger partial charge in [0.25, 0.3) is 5.91 Å². The molecule has 0 bridgehead atoms. The zero-order valence-electron chi connectivity index (χ0n) is 24.9. The van der Waals surface area contributed by atoms with E-state index in [4.69, 9.17) is 0 Å². The topological polar surface area (TPSA) is 61.7 Å². The normalized spacial score (nSPS) is 14.9. The molecule has 224 valence electrons. The Kier molecular flexibility index (Phi) is 10.3. The van der Waals surface area contributed by atoms with Crippen LogP contribution in [0.1, 0.15) is 52.7 Å². The van der Waals surface area contributed by atoms with Crippen molar-refractivity contribution in [2.75, 3.05) is 31.1 Å². The fraction of sp³-hybridized carbons (Fsp3) is 0.343. The first-order chi connectivity index (χ1) is 21.0. The maximum Gasteiger partial charge on any atom is 0.258 e. The summed E-state index contributed by atoms with van der Waals surface area (Å²) in [7, 11) is 0. The number of amides is 2. The third-order valence-corrected chi connectivity index (χ3v) is 7.99. The molecule has 8 heteroatoms. The lowest BCUT2D eigenvalue weighted by molar-refractivity contribution is -0.132. The minimum atomic E-state index is -0.375. The Morgan fingerprint density at radius 3 is 2.37 bits per heavy atom. The van der Waals surface area contributed by atoms with E-state index in [1.165, 1.54) is 17.7 Å². The molecule has 0 N–H and O–H groups in total. The highest BCUT2D eigenvalue weighted by Crippen LogP contribution is 2.29.